The van der Waals surface area contributed by atoms with E-state index >= 15 is 0 Å². The lowest BCUT2D eigenvalue weighted by Gasteiger charge is -2.13. The molecule has 0 bridgehead atoms. The zero-order chi connectivity index (χ0) is 12.5. The third-order valence-corrected chi connectivity index (χ3v) is 4.72. The van der Waals surface area contributed by atoms with E-state index in [2.05, 4.69) is 11.4 Å². The van der Waals surface area contributed by atoms with Gasteiger partial charge in [-0.05, 0) is 37.1 Å². The topological polar surface area (TPSA) is 70.0 Å². The minimum atomic E-state index is -2.85. The lowest BCUT2D eigenvalue weighted by Crippen LogP contribution is -2.20. The smallest absolute Gasteiger partial charge is 0.152 e. The van der Waals surface area contributed by atoms with Crippen molar-refractivity contribution in [1.82, 2.24) is 0 Å². The molecule has 5 heteroatoms. The maximum absolute atomic E-state index is 11.3. The number of hydrogen-bond acceptors (Lipinski definition) is 4. The number of benzene rings is 1. The Labute approximate surface area is 101 Å². The number of sulfone groups is 1. The van der Waals surface area contributed by atoms with Crippen LogP contribution in [0.4, 0.5) is 5.69 Å². The van der Waals surface area contributed by atoms with Crippen molar-refractivity contribution in [3.05, 3.63) is 29.3 Å². The molecule has 17 heavy (non-hydrogen) atoms. The van der Waals surface area contributed by atoms with Crippen LogP contribution in [0, 0.1) is 18.3 Å². The molecule has 0 radical (unpaired) electrons. The quantitative estimate of drug-likeness (QED) is 0.862. The van der Waals surface area contributed by atoms with Gasteiger partial charge in [-0.25, -0.2) is 8.42 Å². The lowest BCUT2D eigenvalue weighted by atomic mass is 10.1. The van der Waals surface area contributed by atoms with Crippen LogP contribution >= 0.6 is 0 Å². The third-order valence-electron chi connectivity index (χ3n) is 2.95. The van der Waals surface area contributed by atoms with Gasteiger partial charge in [-0.3, -0.25) is 0 Å². The molecule has 90 valence electrons. The van der Waals surface area contributed by atoms with E-state index in [4.69, 9.17) is 5.26 Å². The van der Waals surface area contributed by atoms with Crippen molar-refractivity contribution in [1.29, 1.82) is 5.26 Å². The predicted octanol–water partition coefficient (Wildman–Crippen LogP) is 1.47. The Bertz CT molecular complexity index is 573. The van der Waals surface area contributed by atoms with Crippen molar-refractivity contribution in [3.8, 4) is 6.07 Å². The molecular weight excluding hydrogens is 236 g/mol. The molecule has 0 amide bonds. The molecule has 1 aromatic carbocycles. The molecule has 1 aromatic rings. The van der Waals surface area contributed by atoms with E-state index in [1.165, 1.54) is 0 Å². The molecule has 1 aliphatic rings. The van der Waals surface area contributed by atoms with Crippen molar-refractivity contribution in [2.24, 2.45) is 0 Å². The molecule has 0 aromatic heterocycles. The predicted molar refractivity (Wildman–Crippen MR) is 66.6 cm³/mol. The van der Waals surface area contributed by atoms with Gasteiger partial charge in [0.05, 0.1) is 23.1 Å². The number of anilines is 1. The SMILES string of the molecule is Cc1cc(NC2CCS(=O)(=O)C2)ccc1C#N. The van der Waals surface area contributed by atoms with Gasteiger partial charge in [0.15, 0.2) is 9.84 Å². The van der Waals surface area contributed by atoms with Gasteiger partial charge in [-0.15, -0.1) is 0 Å². The second-order valence-electron chi connectivity index (χ2n) is 4.39. The van der Waals surface area contributed by atoms with Crippen LogP contribution < -0.4 is 5.32 Å². The zero-order valence-corrected chi connectivity index (χ0v) is 10.4. The summed E-state index contributed by atoms with van der Waals surface area (Å²) in [6.45, 7) is 1.87. The summed E-state index contributed by atoms with van der Waals surface area (Å²) in [4.78, 5) is 0. The van der Waals surface area contributed by atoms with Gasteiger partial charge in [-0.1, -0.05) is 0 Å². The van der Waals surface area contributed by atoms with Crippen LogP contribution in [-0.4, -0.2) is 26.0 Å². The molecule has 1 heterocycles. The first-order valence-electron chi connectivity index (χ1n) is 5.48. The van der Waals surface area contributed by atoms with Crippen molar-refractivity contribution >= 4 is 15.5 Å². The van der Waals surface area contributed by atoms with Crippen molar-refractivity contribution in [2.75, 3.05) is 16.8 Å². The highest BCUT2D eigenvalue weighted by Gasteiger charge is 2.27. The lowest BCUT2D eigenvalue weighted by molar-refractivity contribution is 0.602. The molecule has 4 nitrogen and oxygen atoms in total. The fourth-order valence-electron chi connectivity index (χ4n) is 2.02. The zero-order valence-electron chi connectivity index (χ0n) is 9.60. The Morgan fingerprint density at radius 3 is 2.76 bits per heavy atom. The molecule has 1 aliphatic heterocycles. The van der Waals surface area contributed by atoms with E-state index in [1.807, 2.05) is 19.1 Å². The maximum Gasteiger partial charge on any atom is 0.152 e. The first-order chi connectivity index (χ1) is 8.00. The van der Waals surface area contributed by atoms with Crippen molar-refractivity contribution in [2.45, 2.75) is 19.4 Å². The van der Waals surface area contributed by atoms with Gasteiger partial charge in [-0.2, -0.15) is 5.26 Å². The highest BCUT2D eigenvalue weighted by Crippen LogP contribution is 2.19. The molecule has 1 unspecified atom stereocenters. The molecule has 0 aliphatic carbocycles. The van der Waals surface area contributed by atoms with Crippen LogP contribution in [0.2, 0.25) is 0 Å². The summed E-state index contributed by atoms with van der Waals surface area (Å²) in [6, 6.07) is 7.54. The summed E-state index contributed by atoms with van der Waals surface area (Å²) >= 11 is 0. The fourth-order valence-corrected chi connectivity index (χ4v) is 3.70. The second kappa shape index (κ2) is 4.38. The molecule has 1 saturated heterocycles. The maximum atomic E-state index is 11.3. The van der Waals surface area contributed by atoms with E-state index in [0.29, 0.717) is 12.0 Å². The number of aryl methyl sites for hydroxylation is 1. The second-order valence-corrected chi connectivity index (χ2v) is 6.61. The van der Waals surface area contributed by atoms with Crippen molar-refractivity contribution in [3.63, 3.8) is 0 Å². The minimum absolute atomic E-state index is 0.00710. The molecular formula is C12H14N2O2S. The minimum Gasteiger partial charge on any atom is -0.381 e. The molecule has 0 saturated carbocycles. The largest absolute Gasteiger partial charge is 0.381 e. The monoisotopic (exact) mass is 250 g/mol. The van der Waals surface area contributed by atoms with E-state index in [9.17, 15) is 8.42 Å². The Morgan fingerprint density at radius 1 is 1.47 bits per heavy atom. The van der Waals surface area contributed by atoms with Crippen LogP contribution in [0.25, 0.3) is 0 Å². The number of nitrogens with zero attached hydrogens (tertiary/aromatic N) is 1. The Hall–Kier alpha value is -1.54. The Kier molecular flexibility index (Phi) is 3.07. The van der Waals surface area contributed by atoms with Gasteiger partial charge >= 0.3 is 0 Å². The number of hydrogen-bond donors (Lipinski definition) is 1. The Morgan fingerprint density at radius 2 is 2.24 bits per heavy atom. The Balaban J connectivity index is 2.11. The van der Waals surface area contributed by atoms with Crippen molar-refractivity contribution < 1.29 is 8.42 Å². The van der Waals surface area contributed by atoms with Gasteiger partial charge in [0.1, 0.15) is 0 Å². The summed E-state index contributed by atoms with van der Waals surface area (Å²) in [5.74, 6) is 0.464. The van der Waals surface area contributed by atoms with Crippen LogP contribution in [0.5, 0.6) is 0 Å². The first-order valence-corrected chi connectivity index (χ1v) is 7.30. The summed E-state index contributed by atoms with van der Waals surface area (Å²) in [5.41, 5.74) is 2.43. The van der Waals surface area contributed by atoms with Crippen LogP contribution in [0.15, 0.2) is 18.2 Å². The third kappa shape index (κ3) is 2.77. The highest BCUT2D eigenvalue weighted by atomic mass is 32.2. The van der Waals surface area contributed by atoms with Crippen LogP contribution in [0.3, 0.4) is 0 Å². The molecule has 1 N–H and O–H groups in total. The van der Waals surface area contributed by atoms with E-state index in [1.54, 1.807) is 6.07 Å². The average Bonchev–Trinajstić information content (AvgIpc) is 2.58. The van der Waals surface area contributed by atoms with Crippen LogP contribution in [0.1, 0.15) is 17.5 Å². The standard InChI is InChI=1S/C12H14N2O2S/c1-9-6-11(3-2-10(9)7-13)14-12-4-5-17(15,16)8-12/h2-3,6,12,14H,4-5,8H2,1H3. The summed E-state index contributed by atoms with van der Waals surface area (Å²) < 4.78 is 22.6. The fraction of sp³-hybridized carbons (Fsp3) is 0.417. The van der Waals surface area contributed by atoms with E-state index < -0.39 is 9.84 Å². The van der Waals surface area contributed by atoms with E-state index in [-0.39, 0.29) is 17.5 Å². The number of nitrogens with one attached hydrogen (secondary N) is 1. The highest BCUT2D eigenvalue weighted by molar-refractivity contribution is 7.91. The van der Waals surface area contributed by atoms with Gasteiger partial charge < -0.3 is 5.32 Å². The summed E-state index contributed by atoms with van der Waals surface area (Å²) in [5, 5.41) is 12.0. The van der Waals surface area contributed by atoms with Gasteiger partial charge in [0, 0.05) is 11.7 Å². The molecule has 1 fully saturated rings. The average molecular weight is 250 g/mol. The summed E-state index contributed by atoms with van der Waals surface area (Å²) in [7, 11) is -2.85. The van der Waals surface area contributed by atoms with E-state index in [0.717, 1.165) is 11.3 Å². The number of nitriles is 1. The molecule has 0 spiro atoms. The first kappa shape index (κ1) is 11.9. The molecule has 2 rings (SSSR count). The molecule has 1 atom stereocenters. The van der Waals surface area contributed by atoms with Crippen LogP contribution in [-0.2, 0) is 9.84 Å². The van der Waals surface area contributed by atoms with Gasteiger partial charge in [0.25, 0.3) is 0 Å². The van der Waals surface area contributed by atoms with Gasteiger partial charge in [0.2, 0.25) is 0 Å². The number of rotatable bonds is 2. The normalized spacial score (nSPS) is 22.0. The summed E-state index contributed by atoms with van der Waals surface area (Å²) in [6.07, 6.45) is 0.654.